The summed E-state index contributed by atoms with van der Waals surface area (Å²) >= 11 is 0. The van der Waals surface area contributed by atoms with E-state index in [1.807, 2.05) is 0 Å². The molecular weight excluding hydrogens is 773 g/mol. The summed E-state index contributed by atoms with van der Waals surface area (Å²) in [5, 5.41) is 2.60. The van der Waals surface area contributed by atoms with E-state index in [1.54, 1.807) is 0 Å². The van der Waals surface area contributed by atoms with Gasteiger partial charge in [-0.2, -0.15) is 0 Å². The van der Waals surface area contributed by atoms with Crippen LogP contribution in [0.5, 0.6) is 0 Å². The van der Waals surface area contributed by atoms with Crippen LogP contribution >= 0.6 is 0 Å². The van der Waals surface area contributed by atoms with Crippen molar-refractivity contribution in [3.63, 3.8) is 0 Å². The Kier molecular flexibility index (Phi) is 9.23. The fraction of sp³-hybridized carbons (Fsp3) is 0.226. The topological polar surface area (TPSA) is 8.17 Å². The van der Waals surface area contributed by atoms with Crippen molar-refractivity contribution in [2.75, 3.05) is 4.90 Å². The number of fused-ring (bicyclic) bond motifs is 7. The van der Waals surface area contributed by atoms with E-state index in [0.717, 1.165) is 36.3 Å². The van der Waals surface area contributed by atoms with Gasteiger partial charge < -0.3 is 9.47 Å². The summed E-state index contributed by atoms with van der Waals surface area (Å²) in [6.07, 6.45) is 3.37. The molecule has 2 aliphatic rings. The van der Waals surface area contributed by atoms with Gasteiger partial charge in [-0.15, -0.1) is 0 Å². The predicted octanol–water partition coefficient (Wildman–Crippen LogP) is 17.2. The number of anilines is 3. The van der Waals surface area contributed by atoms with Crippen LogP contribution in [0.2, 0.25) is 0 Å². The molecule has 0 amide bonds. The third-order valence-corrected chi connectivity index (χ3v) is 15.7. The Hall–Kier alpha value is -6.64. The van der Waals surface area contributed by atoms with Crippen molar-refractivity contribution >= 4 is 38.9 Å². The van der Waals surface area contributed by atoms with Crippen molar-refractivity contribution in [3.05, 3.63) is 203 Å². The van der Waals surface area contributed by atoms with Gasteiger partial charge in [0.1, 0.15) is 0 Å². The average molecular weight is 831 g/mol. The molecular formula is C62H58N2. The molecule has 2 nitrogen and oxygen atoms in total. The lowest BCUT2D eigenvalue weighted by molar-refractivity contribution is 0.324. The lowest BCUT2D eigenvalue weighted by atomic mass is 9.60. The highest BCUT2D eigenvalue weighted by Gasteiger charge is 2.48. The number of aromatic nitrogens is 1. The van der Waals surface area contributed by atoms with Gasteiger partial charge in [-0.25, -0.2) is 0 Å². The summed E-state index contributed by atoms with van der Waals surface area (Å²) in [7, 11) is 0. The molecule has 0 saturated heterocycles. The molecule has 0 N–H and O–H groups in total. The number of hydrogen-bond acceptors (Lipinski definition) is 1. The fourth-order valence-corrected chi connectivity index (χ4v) is 11.1. The van der Waals surface area contributed by atoms with Crippen LogP contribution in [0.15, 0.2) is 170 Å². The first-order chi connectivity index (χ1) is 30.9. The number of aryl methyl sites for hydroxylation is 2. The molecule has 1 heterocycles. The Bertz CT molecular complexity index is 3210. The van der Waals surface area contributed by atoms with E-state index in [9.17, 15) is 0 Å². The molecule has 316 valence electrons. The van der Waals surface area contributed by atoms with Crippen molar-refractivity contribution in [2.24, 2.45) is 0 Å². The number of benzene rings is 8. The van der Waals surface area contributed by atoms with Crippen LogP contribution in [0.3, 0.4) is 0 Å². The Labute approximate surface area is 379 Å². The van der Waals surface area contributed by atoms with Crippen LogP contribution in [0.25, 0.3) is 60.9 Å². The molecule has 0 fully saturated rings. The quantitative estimate of drug-likeness (QED) is 0.141. The smallest absolute Gasteiger partial charge is 0.0541 e. The van der Waals surface area contributed by atoms with E-state index in [0.29, 0.717) is 0 Å². The molecule has 0 aliphatic heterocycles. The molecule has 9 aromatic rings. The third-order valence-electron chi connectivity index (χ3n) is 15.7. The number of rotatable bonds is 9. The van der Waals surface area contributed by atoms with Crippen molar-refractivity contribution in [1.82, 2.24) is 4.57 Å². The Morgan fingerprint density at radius 2 is 1.00 bits per heavy atom. The maximum atomic E-state index is 2.52. The van der Waals surface area contributed by atoms with Gasteiger partial charge in [0.05, 0.1) is 11.0 Å². The molecule has 64 heavy (non-hydrogen) atoms. The summed E-state index contributed by atoms with van der Waals surface area (Å²) in [5.41, 5.74) is 23.5. The molecule has 2 aliphatic carbocycles. The van der Waals surface area contributed by atoms with Gasteiger partial charge in [-0.05, 0) is 178 Å². The second-order valence-corrected chi connectivity index (χ2v) is 20.1. The summed E-state index contributed by atoms with van der Waals surface area (Å²) in [5.74, 6) is 0. The molecule has 8 aromatic carbocycles. The lowest BCUT2D eigenvalue weighted by Gasteiger charge is -2.43. The van der Waals surface area contributed by atoms with Crippen LogP contribution in [0.4, 0.5) is 17.1 Å². The van der Waals surface area contributed by atoms with Crippen molar-refractivity contribution in [2.45, 2.75) is 90.9 Å². The van der Waals surface area contributed by atoms with E-state index in [1.165, 1.54) is 94.3 Å². The summed E-state index contributed by atoms with van der Waals surface area (Å²) in [6.45, 7) is 18.6. The molecule has 2 atom stereocenters. The zero-order chi connectivity index (χ0) is 44.1. The van der Waals surface area contributed by atoms with Crippen LogP contribution < -0.4 is 4.90 Å². The van der Waals surface area contributed by atoms with Crippen LogP contribution in [0, 0.1) is 13.8 Å². The molecule has 11 rings (SSSR count). The molecule has 1 aromatic heterocycles. The number of hydrogen-bond donors (Lipinski definition) is 0. The fourth-order valence-electron chi connectivity index (χ4n) is 11.1. The summed E-state index contributed by atoms with van der Waals surface area (Å²) < 4.78 is 2.47. The van der Waals surface area contributed by atoms with Crippen molar-refractivity contribution < 1.29 is 0 Å². The second kappa shape index (κ2) is 14.7. The zero-order valence-electron chi connectivity index (χ0n) is 38.7. The lowest BCUT2D eigenvalue weighted by Crippen LogP contribution is -2.37. The van der Waals surface area contributed by atoms with E-state index in [2.05, 4.69) is 235 Å². The normalized spacial score (nSPS) is 17.6. The first-order valence-corrected chi connectivity index (χ1v) is 23.4. The third kappa shape index (κ3) is 6.28. The first-order valence-electron chi connectivity index (χ1n) is 23.4. The van der Waals surface area contributed by atoms with E-state index >= 15 is 0 Å². The Balaban J connectivity index is 0.971. The van der Waals surface area contributed by atoms with Gasteiger partial charge >= 0.3 is 0 Å². The van der Waals surface area contributed by atoms with Gasteiger partial charge in [0.2, 0.25) is 0 Å². The minimum absolute atomic E-state index is 0.0118. The molecule has 2 heteroatoms. The van der Waals surface area contributed by atoms with E-state index in [4.69, 9.17) is 0 Å². The van der Waals surface area contributed by atoms with E-state index < -0.39 is 0 Å². The summed E-state index contributed by atoms with van der Waals surface area (Å²) in [6, 6.07) is 64.7. The largest absolute Gasteiger partial charge is 0.311 e. The number of nitrogens with zero attached hydrogens (tertiary/aromatic N) is 2. The standard InChI is InChI=1S/C62H58N2/c1-9-60(5,6)46-22-34-59-55(37-46)54-35-44(45-19-31-52-53-32-21-47-38-57(53)62(8,56(52)36-45)39-61(47,7)10-2)20-33-58(54)64(59)51-29-17-43(18-30-51)42-15-27-50(28-16-42)63(48-23-11-40(3)12-24-48)49-25-13-41(4)14-26-49/h11-38H,9-10,39H2,1-8H3. The average Bonchev–Trinajstić information content (AvgIpc) is 3.79. The SMILES string of the molecule is CCC(C)(C)c1ccc2c(c1)c1cc(-c3ccc4c(c3)C3(C)CC(C)(CC)c5ccc-4c3c5)ccc1n2-c1ccc(-c2ccc(N(c3ccc(C)cc3)c3ccc(C)cc3)cc2)cc1. The van der Waals surface area contributed by atoms with Gasteiger partial charge in [-0.3, -0.25) is 0 Å². The first kappa shape index (κ1) is 40.2. The van der Waals surface area contributed by atoms with Crippen LogP contribution in [-0.2, 0) is 16.2 Å². The van der Waals surface area contributed by atoms with Gasteiger partial charge in [0.15, 0.2) is 0 Å². The van der Waals surface area contributed by atoms with Crippen molar-refractivity contribution in [1.29, 1.82) is 0 Å². The maximum absolute atomic E-state index is 2.52. The molecule has 2 bridgehead atoms. The second-order valence-electron chi connectivity index (χ2n) is 20.1. The molecule has 0 spiro atoms. The Morgan fingerprint density at radius 3 is 1.59 bits per heavy atom. The maximum Gasteiger partial charge on any atom is 0.0541 e. The molecule has 2 unspecified atom stereocenters. The minimum atomic E-state index is 0.0118. The molecule has 0 radical (unpaired) electrons. The van der Waals surface area contributed by atoms with E-state index in [-0.39, 0.29) is 16.2 Å². The highest BCUT2D eigenvalue weighted by molar-refractivity contribution is 6.11. The van der Waals surface area contributed by atoms with Crippen molar-refractivity contribution in [3.8, 4) is 39.1 Å². The Morgan fingerprint density at radius 1 is 0.516 bits per heavy atom. The van der Waals surface area contributed by atoms with Gasteiger partial charge in [0.25, 0.3) is 0 Å². The highest BCUT2D eigenvalue weighted by atomic mass is 15.1. The van der Waals surface area contributed by atoms with Crippen LogP contribution in [0.1, 0.15) is 94.2 Å². The summed E-state index contributed by atoms with van der Waals surface area (Å²) in [4.78, 5) is 2.34. The van der Waals surface area contributed by atoms with Gasteiger partial charge in [-0.1, -0.05) is 144 Å². The van der Waals surface area contributed by atoms with Gasteiger partial charge in [0, 0.05) is 38.9 Å². The monoisotopic (exact) mass is 830 g/mol. The zero-order valence-corrected chi connectivity index (χ0v) is 38.7. The minimum Gasteiger partial charge on any atom is -0.311 e. The predicted molar refractivity (Wildman–Crippen MR) is 273 cm³/mol. The molecule has 0 saturated carbocycles. The highest BCUT2D eigenvalue weighted by Crippen LogP contribution is 2.59. The van der Waals surface area contributed by atoms with Crippen LogP contribution in [-0.4, -0.2) is 4.57 Å².